The van der Waals surface area contributed by atoms with Crippen molar-refractivity contribution in [2.75, 3.05) is 39.4 Å². The van der Waals surface area contributed by atoms with Gasteiger partial charge in [0.2, 0.25) is 5.91 Å². The largest absolute Gasteiger partial charge is 0.486 e. The Morgan fingerprint density at radius 3 is 2.65 bits per heavy atom. The number of carbonyl (C=O) groups is 1. The summed E-state index contributed by atoms with van der Waals surface area (Å²) in [5.41, 5.74) is 1.21. The van der Waals surface area contributed by atoms with Gasteiger partial charge in [0.05, 0.1) is 0 Å². The number of benzene rings is 1. The molecule has 6 heteroatoms. The number of hydrogen-bond acceptors (Lipinski definition) is 5. The van der Waals surface area contributed by atoms with Crippen LogP contribution in [0.3, 0.4) is 0 Å². The van der Waals surface area contributed by atoms with Gasteiger partial charge in [0, 0.05) is 43.7 Å². The third-order valence-corrected chi connectivity index (χ3v) is 5.47. The summed E-state index contributed by atoms with van der Waals surface area (Å²) >= 11 is 1.64. The molecule has 2 aliphatic rings. The molecule has 1 aromatic heterocycles. The summed E-state index contributed by atoms with van der Waals surface area (Å²) in [7, 11) is 0. The van der Waals surface area contributed by atoms with E-state index in [4.69, 9.17) is 9.47 Å². The SMILES string of the molecule is O=C(C=Cc1cccs1)N1CCN(Cc2ccc3c(c2)OCCO3)CC1. The molecule has 0 atom stereocenters. The lowest BCUT2D eigenvalue weighted by Gasteiger charge is -2.34. The molecule has 0 bridgehead atoms. The summed E-state index contributed by atoms with van der Waals surface area (Å²) < 4.78 is 11.2. The number of piperazine rings is 1. The van der Waals surface area contributed by atoms with Gasteiger partial charge in [0.25, 0.3) is 0 Å². The van der Waals surface area contributed by atoms with Crippen molar-refractivity contribution in [1.82, 2.24) is 9.80 Å². The molecular weight excluding hydrogens is 348 g/mol. The molecule has 26 heavy (non-hydrogen) atoms. The summed E-state index contributed by atoms with van der Waals surface area (Å²) in [6.45, 7) is 5.37. The van der Waals surface area contributed by atoms with Crippen LogP contribution in [0.5, 0.6) is 11.5 Å². The highest BCUT2D eigenvalue weighted by atomic mass is 32.1. The summed E-state index contributed by atoms with van der Waals surface area (Å²) in [4.78, 5) is 17.7. The van der Waals surface area contributed by atoms with Gasteiger partial charge in [-0.15, -0.1) is 11.3 Å². The van der Waals surface area contributed by atoms with E-state index >= 15 is 0 Å². The molecule has 1 aromatic carbocycles. The maximum Gasteiger partial charge on any atom is 0.246 e. The first-order chi connectivity index (χ1) is 12.8. The Labute approximate surface area is 157 Å². The molecule has 3 heterocycles. The average Bonchev–Trinajstić information content (AvgIpc) is 3.20. The van der Waals surface area contributed by atoms with E-state index in [0.29, 0.717) is 13.2 Å². The zero-order chi connectivity index (χ0) is 17.8. The number of nitrogens with zero attached hydrogens (tertiary/aromatic N) is 2. The fraction of sp³-hybridized carbons (Fsp3) is 0.350. The molecule has 0 N–H and O–H groups in total. The smallest absolute Gasteiger partial charge is 0.246 e. The van der Waals surface area contributed by atoms with Gasteiger partial charge in [-0.3, -0.25) is 9.69 Å². The van der Waals surface area contributed by atoms with Crippen LogP contribution >= 0.6 is 11.3 Å². The van der Waals surface area contributed by atoms with Gasteiger partial charge in [-0.05, 0) is 35.2 Å². The van der Waals surface area contributed by atoms with Crippen molar-refractivity contribution in [1.29, 1.82) is 0 Å². The number of amides is 1. The lowest BCUT2D eigenvalue weighted by molar-refractivity contribution is -0.127. The highest BCUT2D eigenvalue weighted by molar-refractivity contribution is 7.10. The van der Waals surface area contributed by atoms with E-state index in [-0.39, 0.29) is 5.91 Å². The topological polar surface area (TPSA) is 42.0 Å². The quantitative estimate of drug-likeness (QED) is 0.776. The van der Waals surface area contributed by atoms with Crippen LogP contribution in [0.1, 0.15) is 10.4 Å². The van der Waals surface area contributed by atoms with Crippen LogP contribution in [0.25, 0.3) is 6.08 Å². The van der Waals surface area contributed by atoms with Crippen molar-refractivity contribution in [3.63, 3.8) is 0 Å². The minimum Gasteiger partial charge on any atom is -0.486 e. The van der Waals surface area contributed by atoms with Gasteiger partial charge < -0.3 is 14.4 Å². The molecule has 1 saturated heterocycles. The van der Waals surface area contributed by atoms with Crippen LogP contribution in [0.15, 0.2) is 41.8 Å². The number of fused-ring (bicyclic) bond motifs is 1. The number of carbonyl (C=O) groups excluding carboxylic acids is 1. The van der Waals surface area contributed by atoms with Gasteiger partial charge in [-0.1, -0.05) is 12.1 Å². The van der Waals surface area contributed by atoms with Crippen molar-refractivity contribution in [3.05, 3.63) is 52.2 Å². The van der Waals surface area contributed by atoms with Crippen molar-refractivity contribution >= 4 is 23.3 Å². The Morgan fingerprint density at radius 2 is 1.88 bits per heavy atom. The van der Waals surface area contributed by atoms with Gasteiger partial charge >= 0.3 is 0 Å². The molecule has 0 aliphatic carbocycles. The summed E-state index contributed by atoms with van der Waals surface area (Å²) in [6, 6.07) is 10.1. The molecule has 136 valence electrons. The first kappa shape index (κ1) is 17.1. The van der Waals surface area contributed by atoms with Crippen LogP contribution in [0.2, 0.25) is 0 Å². The van der Waals surface area contributed by atoms with Crippen molar-refractivity contribution < 1.29 is 14.3 Å². The zero-order valence-electron chi connectivity index (χ0n) is 14.6. The highest BCUT2D eigenvalue weighted by Crippen LogP contribution is 2.31. The molecule has 5 nitrogen and oxygen atoms in total. The van der Waals surface area contributed by atoms with Crippen LogP contribution in [0.4, 0.5) is 0 Å². The molecule has 2 aromatic rings. The van der Waals surface area contributed by atoms with Crippen LogP contribution < -0.4 is 9.47 Å². The van der Waals surface area contributed by atoms with Crippen LogP contribution in [0, 0.1) is 0 Å². The van der Waals surface area contributed by atoms with Crippen molar-refractivity contribution in [2.45, 2.75) is 6.54 Å². The van der Waals surface area contributed by atoms with E-state index in [1.54, 1.807) is 17.4 Å². The monoisotopic (exact) mass is 370 g/mol. The molecule has 4 rings (SSSR count). The molecule has 0 spiro atoms. The standard InChI is InChI=1S/C20H22N2O3S/c23-20(6-4-17-2-1-13-26-17)22-9-7-21(8-10-22)15-16-3-5-18-19(14-16)25-12-11-24-18/h1-6,13-14H,7-12,15H2. The maximum atomic E-state index is 12.3. The van der Waals surface area contributed by atoms with Gasteiger partial charge in [-0.2, -0.15) is 0 Å². The molecule has 0 saturated carbocycles. The molecular formula is C20H22N2O3S. The third kappa shape index (κ3) is 4.08. The molecule has 1 amide bonds. The Balaban J connectivity index is 1.29. The third-order valence-electron chi connectivity index (χ3n) is 4.63. The van der Waals surface area contributed by atoms with Crippen molar-refractivity contribution in [3.8, 4) is 11.5 Å². The van der Waals surface area contributed by atoms with Gasteiger partial charge in [-0.25, -0.2) is 0 Å². The van der Waals surface area contributed by atoms with E-state index in [2.05, 4.69) is 17.0 Å². The normalized spacial score (nSPS) is 17.6. The van der Waals surface area contributed by atoms with E-state index in [9.17, 15) is 4.79 Å². The lowest BCUT2D eigenvalue weighted by Crippen LogP contribution is -2.47. The average molecular weight is 370 g/mol. The lowest BCUT2D eigenvalue weighted by atomic mass is 10.1. The zero-order valence-corrected chi connectivity index (χ0v) is 15.4. The number of hydrogen-bond donors (Lipinski definition) is 0. The second-order valence-corrected chi connectivity index (χ2v) is 7.41. The van der Waals surface area contributed by atoms with E-state index < -0.39 is 0 Å². The fourth-order valence-electron chi connectivity index (χ4n) is 3.22. The number of rotatable bonds is 4. The Kier molecular flexibility index (Phi) is 5.22. The summed E-state index contributed by atoms with van der Waals surface area (Å²) in [5, 5.41) is 2.01. The van der Waals surface area contributed by atoms with Gasteiger partial charge in [0.1, 0.15) is 13.2 Å². The Bertz CT molecular complexity index is 780. The van der Waals surface area contributed by atoms with Gasteiger partial charge in [0.15, 0.2) is 11.5 Å². The van der Waals surface area contributed by atoms with E-state index in [1.807, 2.05) is 34.6 Å². The van der Waals surface area contributed by atoms with E-state index in [1.165, 1.54) is 5.56 Å². The molecule has 0 unspecified atom stereocenters. The Morgan fingerprint density at radius 1 is 1.08 bits per heavy atom. The molecule has 1 fully saturated rings. The van der Waals surface area contributed by atoms with Crippen LogP contribution in [-0.4, -0.2) is 55.1 Å². The van der Waals surface area contributed by atoms with E-state index in [0.717, 1.165) is 49.1 Å². The predicted molar refractivity (Wildman–Crippen MR) is 103 cm³/mol. The van der Waals surface area contributed by atoms with Crippen LogP contribution in [-0.2, 0) is 11.3 Å². The fourth-order valence-corrected chi connectivity index (χ4v) is 3.83. The summed E-state index contributed by atoms with van der Waals surface area (Å²) in [5.74, 6) is 1.76. The minimum atomic E-state index is 0.0948. The molecule has 2 aliphatic heterocycles. The number of thiophene rings is 1. The van der Waals surface area contributed by atoms with Crippen molar-refractivity contribution in [2.24, 2.45) is 0 Å². The predicted octanol–water partition coefficient (Wildman–Crippen LogP) is 2.88. The minimum absolute atomic E-state index is 0.0948. The first-order valence-corrected chi connectivity index (χ1v) is 9.77. The second-order valence-electron chi connectivity index (χ2n) is 6.43. The highest BCUT2D eigenvalue weighted by Gasteiger charge is 2.20. The Hall–Kier alpha value is -2.31. The number of ether oxygens (including phenoxy) is 2. The molecule has 0 radical (unpaired) electrons. The first-order valence-electron chi connectivity index (χ1n) is 8.89. The summed E-state index contributed by atoms with van der Waals surface area (Å²) in [6.07, 6.45) is 3.58. The maximum absolute atomic E-state index is 12.3. The second kappa shape index (κ2) is 7.93.